The molecule has 0 aromatic carbocycles. The quantitative estimate of drug-likeness (QED) is 0.679. The number of aromatic nitrogens is 4. The number of nitrogens with one attached hydrogen (secondary N) is 2. The highest BCUT2D eigenvalue weighted by atomic mass is 35.5. The topological polar surface area (TPSA) is 105 Å². The molecule has 0 aliphatic carbocycles. The highest BCUT2D eigenvalue weighted by Gasteiger charge is 2.35. The standard InChI is InChI=1S/C18H26ClN7O2S.ClH/c1-25-12-13(10-22-25)17-16(19)11-21-18(24-17)23-14-4-8-26(9-5-14)29(27,28)15-2-6-20-7-3-15;/h10-12,14-15,20H,2-9H2,1H3,(H,21,23,24);1H. The van der Waals surface area contributed by atoms with E-state index in [4.69, 9.17) is 11.6 Å². The van der Waals surface area contributed by atoms with E-state index in [1.165, 1.54) is 0 Å². The van der Waals surface area contributed by atoms with Gasteiger partial charge in [0.1, 0.15) is 0 Å². The van der Waals surface area contributed by atoms with E-state index >= 15 is 0 Å². The number of sulfonamides is 1. The molecule has 2 aromatic rings. The van der Waals surface area contributed by atoms with Gasteiger partial charge in [-0.15, -0.1) is 12.4 Å². The van der Waals surface area contributed by atoms with Crippen molar-refractivity contribution in [2.75, 3.05) is 31.5 Å². The summed E-state index contributed by atoms with van der Waals surface area (Å²) in [5.74, 6) is 0.493. The molecule has 9 nitrogen and oxygen atoms in total. The Morgan fingerprint density at radius 2 is 1.87 bits per heavy atom. The molecular formula is C18H27Cl2N7O2S. The summed E-state index contributed by atoms with van der Waals surface area (Å²) in [5, 5.41) is 10.9. The van der Waals surface area contributed by atoms with Gasteiger partial charge in [-0.25, -0.2) is 22.7 Å². The molecule has 2 aliphatic heterocycles. The van der Waals surface area contributed by atoms with Crippen LogP contribution in [0, 0.1) is 0 Å². The van der Waals surface area contributed by atoms with Crippen molar-refractivity contribution < 1.29 is 8.42 Å². The van der Waals surface area contributed by atoms with Crippen molar-refractivity contribution in [2.45, 2.75) is 37.0 Å². The van der Waals surface area contributed by atoms with Crippen LogP contribution >= 0.6 is 24.0 Å². The zero-order chi connectivity index (χ0) is 20.4. The number of piperidine rings is 2. The number of halogens is 2. The zero-order valence-corrected chi connectivity index (χ0v) is 19.2. The summed E-state index contributed by atoms with van der Waals surface area (Å²) in [6, 6.07) is 0.123. The van der Waals surface area contributed by atoms with Crippen molar-refractivity contribution in [3.05, 3.63) is 23.6 Å². The second kappa shape index (κ2) is 9.78. The summed E-state index contributed by atoms with van der Waals surface area (Å²) in [6.45, 7) is 2.59. The third-order valence-corrected chi connectivity index (χ3v) is 8.25. The third-order valence-electron chi connectivity index (χ3n) is 5.58. The summed E-state index contributed by atoms with van der Waals surface area (Å²) in [6.07, 6.45) is 7.96. The Labute approximate surface area is 188 Å². The van der Waals surface area contributed by atoms with Gasteiger partial charge in [0.15, 0.2) is 0 Å². The van der Waals surface area contributed by atoms with Crippen LogP contribution in [0.25, 0.3) is 11.3 Å². The molecule has 0 bridgehead atoms. The van der Waals surface area contributed by atoms with Crippen molar-refractivity contribution in [3.63, 3.8) is 0 Å². The van der Waals surface area contributed by atoms with Crippen LogP contribution in [0.1, 0.15) is 25.7 Å². The molecule has 0 atom stereocenters. The summed E-state index contributed by atoms with van der Waals surface area (Å²) in [7, 11) is -1.38. The minimum absolute atomic E-state index is 0. The van der Waals surface area contributed by atoms with E-state index in [0.29, 0.717) is 42.6 Å². The Balaban J connectivity index is 0.00000256. The smallest absolute Gasteiger partial charge is 0.223 e. The lowest BCUT2D eigenvalue weighted by Crippen LogP contribution is -2.48. The van der Waals surface area contributed by atoms with Crippen LogP contribution in [0.15, 0.2) is 18.6 Å². The maximum absolute atomic E-state index is 12.9. The lowest BCUT2D eigenvalue weighted by molar-refractivity contribution is 0.320. The average Bonchev–Trinajstić information content (AvgIpc) is 3.16. The minimum Gasteiger partial charge on any atom is -0.351 e. The molecule has 0 saturated carbocycles. The third kappa shape index (κ3) is 5.05. The fourth-order valence-electron chi connectivity index (χ4n) is 3.92. The van der Waals surface area contributed by atoms with Crippen molar-refractivity contribution in [1.82, 2.24) is 29.4 Å². The van der Waals surface area contributed by atoms with Gasteiger partial charge in [-0.3, -0.25) is 4.68 Å². The number of aryl methyl sites for hydroxylation is 1. The Kier molecular flexibility index (Phi) is 7.56. The maximum atomic E-state index is 12.9. The van der Waals surface area contributed by atoms with Gasteiger partial charge in [0.05, 0.1) is 28.4 Å². The summed E-state index contributed by atoms with van der Waals surface area (Å²) in [5.41, 5.74) is 1.45. The molecule has 2 aliphatic rings. The molecule has 0 unspecified atom stereocenters. The van der Waals surface area contributed by atoms with E-state index < -0.39 is 10.0 Å². The molecule has 4 rings (SSSR count). The predicted octanol–water partition coefficient (Wildman–Crippen LogP) is 1.91. The fraction of sp³-hybridized carbons (Fsp3) is 0.611. The molecule has 12 heteroatoms. The van der Waals surface area contributed by atoms with Crippen molar-refractivity contribution in [2.24, 2.45) is 7.05 Å². The van der Waals surface area contributed by atoms with Gasteiger partial charge in [-0.05, 0) is 38.8 Å². The first-order valence-corrected chi connectivity index (χ1v) is 11.8. The van der Waals surface area contributed by atoms with Crippen molar-refractivity contribution >= 4 is 40.0 Å². The highest BCUT2D eigenvalue weighted by molar-refractivity contribution is 7.89. The second-order valence-corrected chi connectivity index (χ2v) is 10.2. The van der Waals surface area contributed by atoms with Crippen molar-refractivity contribution in [1.29, 1.82) is 0 Å². The highest BCUT2D eigenvalue weighted by Crippen LogP contribution is 2.27. The van der Waals surface area contributed by atoms with E-state index in [1.54, 1.807) is 21.4 Å². The molecule has 0 radical (unpaired) electrons. The summed E-state index contributed by atoms with van der Waals surface area (Å²) < 4.78 is 29.1. The molecule has 4 heterocycles. The van der Waals surface area contributed by atoms with Gasteiger partial charge in [-0.2, -0.15) is 5.10 Å². The lowest BCUT2D eigenvalue weighted by atomic mass is 10.1. The van der Waals surface area contributed by atoms with Crippen LogP contribution < -0.4 is 10.6 Å². The molecular weight excluding hydrogens is 449 g/mol. The van der Waals surface area contributed by atoms with Gasteiger partial charge in [-0.1, -0.05) is 11.6 Å². The van der Waals surface area contributed by atoms with Crippen LogP contribution in [0.2, 0.25) is 5.02 Å². The molecule has 2 fully saturated rings. The van der Waals surface area contributed by atoms with E-state index in [9.17, 15) is 8.42 Å². The predicted molar refractivity (Wildman–Crippen MR) is 120 cm³/mol. The molecule has 0 amide bonds. The van der Waals surface area contributed by atoms with Crippen LogP contribution in [0.5, 0.6) is 0 Å². The zero-order valence-electron chi connectivity index (χ0n) is 16.8. The normalized spacial score (nSPS) is 19.4. The monoisotopic (exact) mass is 475 g/mol. The van der Waals surface area contributed by atoms with Crippen LogP contribution in [-0.2, 0) is 17.1 Å². The van der Waals surface area contributed by atoms with Crippen molar-refractivity contribution in [3.8, 4) is 11.3 Å². The van der Waals surface area contributed by atoms with E-state index in [0.717, 1.165) is 31.5 Å². The second-order valence-electron chi connectivity index (χ2n) is 7.60. The van der Waals surface area contributed by atoms with Crippen LogP contribution in [-0.4, -0.2) is 69.9 Å². The number of hydrogen-bond acceptors (Lipinski definition) is 7. The molecule has 2 N–H and O–H groups in total. The van der Waals surface area contributed by atoms with Gasteiger partial charge < -0.3 is 10.6 Å². The Morgan fingerprint density at radius 1 is 1.17 bits per heavy atom. The first-order valence-electron chi connectivity index (χ1n) is 9.91. The average molecular weight is 476 g/mol. The van der Waals surface area contributed by atoms with E-state index in [2.05, 4.69) is 25.7 Å². The first-order chi connectivity index (χ1) is 13.9. The number of hydrogen-bond donors (Lipinski definition) is 2. The fourth-order valence-corrected chi connectivity index (χ4v) is 6.10. The van der Waals surface area contributed by atoms with Gasteiger partial charge >= 0.3 is 0 Å². The SMILES string of the molecule is Cl.Cn1cc(-c2nc(NC3CCN(S(=O)(=O)C4CCNCC4)CC3)ncc2Cl)cn1. The minimum atomic E-state index is -3.22. The van der Waals surface area contributed by atoms with Crippen LogP contribution in [0.4, 0.5) is 5.95 Å². The molecule has 2 aromatic heterocycles. The van der Waals surface area contributed by atoms with Gasteiger partial charge in [0.2, 0.25) is 16.0 Å². The summed E-state index contributed by atoms with van der Waals surface area (Å²) in [4.78, 5) is 8.83. The lowest BCUT2D eigenvalue weighted by Gasteiger charge is -2.35. The molecule has 0 spiro atoms. The Hall–Kier alpha value is -1.46. The molecule has 30 heavy (non-hydrogen) atoms. The van der Waals surface area contributed by atoms with Gasteiger partial charge in [0, 0.05) is 37.9 Å². The number of anilines is 1. The van der Waals surface area contributed by atoms with E-state index in [-0.39, 0.29) is 23.7 Å². The number of rotatable bonds is 5. The molecule has 2 saturated heterocycles. The Bertz CT molecular complexity index is 955. The largest absolute Gasteiger partial charge is 0.351 e. The number of nitrogens with zero attached hydrogens (tertiary/aromatic N) is 5. The Morgan fingerprint density at radius 3 is 2.50 bits per heavy atom. The van der Waals surface area contributed by atoms with Gasteiger partial charge in [0.25, 0.3) is 0 Å². The molecule has 166 valence electrons. The summed E-state index contributed by atoms with van der Waals surface area (Å²) >= 11 is 6.26. The maximum Gasteiger partial charge on any atom is 0.223 e. The van der Waals surface area contributed by atoms with Crippen LogP contribution in [0.3, 0.4) is 0 Å². The first kappa shape index (κ1) is 23.2. The van der Waals surface area contributed by atoms with E-state index in [1.807, 2.05) is 13.2 Å².